The quantitative estimate of drug-likeness (QED) is 0.510. The van der Waals surface area contributed by atoms with E-state index in [0.29, 0.717) is 35.7 Å². The van der Waals surface area contributed by atoms with E-state index in [0.717, 1.165) is 34.4 Å². The maximum atomic E-state index is 14.9. The van der Waals surface area contributed by atoms with Crippen molar-refractivity contribution in [1.29, 1.82) is 0 Å². The number of carbonyl (C=O) groups excluding carboxylic acids is 1. The molecule has 1 aromatic carbocycles. The van der Waals surface area contributed by atoms with Crippen LogP contribution in [0.4, 0.5) is 20.2 Å². The highest BCUT2D eigenvalue weighted by molar-refractivity contribution is 7.21. The van der Waals surface area contributed by atoms with Crippen molar-refractivity contribution >= 4 is 38.8 Å². The number of nitrogens with one attached hydrogen (secondary N) is 3. The van der Waals surface area contributed by atoms with Crippen LogP contribution in [0.3, 0.4) is 0 Å². The van der Waals surface area contributed by atoms with Crippen LogP contribution in [0.1, 0.15) is 33.8 Å². The Balaban J connectivity index is 1.26. The van der Waals surface area contributed by atoms with Gasteiger partial charge >= 0.3 is 0 Å². The lowest BCUT2D eigenvalue weighted by Gasteiger charge is -2.34. The van der Waals surface area contributed by atoms with E-state index >= 15 is 0 Å². The number of aryl methyl sites for hydroxylation is 1. The van der Waals surface area contributed by atoms with Gasteiger partial charge in [-0.25, -0.2) is 13.8 Å². The molecule has 174 valence electrons. The Bertz CT molecular complexity index is 1200. The lowest BCUT2D eigenvalue weighted by atomic mass is 10.1. The molecule has 2 bridgehead atoms. The molecule has 1 amide bonds. The van der Waals surface area contributed by atoms with Crippen LogP contribution in [-0.4, -0.2) is 49.7 Å². The van der Waals surface area contributed by atoms with Gasteiger partial charge in [0.1, 0.15) is 9.71 Å². The number of thiophene rings is 1. The Hall–Kier alpha value is -2.78. The number of hydrogen-bond acceptors (Lipinski definition) is 6. The van der Waals surface area contributed by atoms with Crippen molar-refractivity contribution in [3.05, 3.63) is 52.0 Å². The Morgan fingerprint density at radius 1 is 1.18 bits per heavy atom. The van der Waals surface area contributed by atoms with Gasteiger partial charge in [-0.1, -0.05) is 6.07 Å². The number of fused-ring (bicyclic) bond motifs is 3. The third kappa shape index (κ3) is 4.15. The summed E-state index contributed by atoms with van der Waals surface area (Å²) in [6.07, 6.45) is 2.36. The summed E-state index contributed by atoms with van der Waals surface area (Å²) in [5.74, 6) is -1.89. The number of aromatic nitrogens is 1. The molecule has 4 heterocycles. The first kappa shape index (κ1) is 22.0. The van der Waals surface area contributed by atoms with E-state index in [1.54, 1.807) is 19.2 Å². The summed E-state index contributed by atoms with van der Waals surface area (Å²) in [4.78, 5) is 20.6. The van der Waals surface area contributed by atoms with Crippen molar-refractivity contribution in [3.8, 4) is 0 Å². The van der Waals surface area contributed by atoms with Crippen molar-refractivity contribution < 1.29 is 13.6 Å². The molecule has 2 saturated heterocycles. The van der Waals surface area contributed by atoms with Crippen LogP contribution in [0.25, 0.3) is 10.2 Å². The monoisotopic (exact) mass is 471 g/mol. The van der Waals surface area contributed by atoms with Crippen molar-refractivity contribution in [2.45, 2.75) is 38.3 Å². The van der Waals surface area contributed by atoms with Gasteiger partial charge in [0.2, 0.25) is 0 Å². The first-order chi connectivity index (χ1) is 15.9. The number of pyridine rings is 1. The minimum atomic E-state index is -0.829. The largest absolute Gasteiger partial charge is 0.386 e. The number of nitrogens with zero attached hydrogens (tertiary/aromatic N) is 2. The maximum Gasteiger partial charge on any atom is 0.263 e. The minimum Gasteiger partial charge on any atom is -0.386 e. The Labute approximate surface area is 195 Å². The third-order valence-corrected chi connectivity index (χ3v) is 7.63. The molecule has 2 fully saturated rings. The van der Waals surface area contributed by atoms with Gasteiger partial charge in [0.15, 0.2) is 11.6 Å². The summed E-state index contributed by atoms with van der Waals surface area (Å²) in [5, 5.41) is 10.3. The average molecular weight is 472 g/mol. The van der Waals surface area contributed by atoms with Crippen LogP contribution in [0.2, 0.25) is 0 Å². The molecular formula is C24H27F2N5OS. The predicted octanol–water partition coefficient (Wildman–Crippen LogP) is 3.84. The molecule has 0 radical (unpaired) electrons. The molecule has 0 saturated carbocycles. The number of piperazine rings is 1. The molecule has 2 atom stereocenters. The fourth-order valence-corrected chi connectivity index (χ4v) is 6.02. The highest BCUT2D eigenvalue weighted by Gasteiger charge is 2.33. The van der Waals surface area contributed by atoms with Gasteiger partial charge in [0, 0.05) is 49.8 Å². The van der Waals surface area contributed by atoms with E-state index in [2.05, 4.69) is 20.9 Å². The zero-order valence-corrected chi connectivity index (χ0v) is 19.5. The van der Waals surface area contributed by atoms with Gasteiger partial charge in [-0.05, 0) is 49.9 Å². The van der Waals surface area contributed by atoms with Crippen molar-refractivity contribution in [1.82, 2.24) is 15.6 Å². The number of benzene rings is 1. The van der Waals surface area contributed by atoms with Gasteiger partial charge in [-0.3, -0.25) is 4.79 Å². The summed E-state index contributed by atoms with van der Waals surface area (Å²) >= 11 is 1.32. The summed E-state index contributed by atoms with van der Waals surface area (Å²) in [5.41, 5.74) is 2.20. The van der Waals surface area contributed by atoms with Crippen molar-refractivity contribution in [2.24, 2.45) is 0 Å². The number of anilines is 2. The Morgan fingerprint density at radius 2 is 1.94 bits per heavy atom. The lowest BCUT2D eigenvalue weighted by Crippen LogP contribution is -2.51. The number of halogens is 2. The van der Waals surface area contributed by atoms with Gasteiger partial charge in [0.05, 0.1) is 11.4 Å². The van der Waals surface area contributed by atoms with Gasteiger partial charge in [-0.15, -0.1) is 11.3 Å². The van der Waals surface area contributed by atoms with E-state index in [1.165, 1.54) is 11.3 Å². The van der Waals surface area contributed by atoms with Crippen LogP contribution >= 0.6 is 11.3 Å². The maximum absolute atomic E-state index is 14.9. The molecule has 9 heteroatoms. The Morgan fingerprint density at radius 3 is 2.67 bits per heavy atom. The van der Waals surface area contributed by atoms with Crippen molar-refractivity contribution in [2.75, 3.05) is 36.9 Å². The lowest BCUT2D eigenvalue weighted by molar-refractivity contribution is 0.0959. The van der Waals surface area contributed by atoms with E-state index < -0.39 is 11.6 Å². The molecular weight excluding hydrogens is 444 g/mol. The van der Waals surface area contributed by atoms with Crippen LogP contribution in [-0.2, 0) is 6.42 Å². The SMILES string of the molecule is CNc1c(C(=O)NCCc2ccc(N3C[C@H]4CC[C@@H](C3)N4)c(F)c2F)sc2nc(C)ccc12. The highest BCUT2D eigenvalue weighted by atomic mass is 32.1. The predicted molar refractivity (Wildman–Crippen MR) is 128 cm³/mol. The molecule has 0 spiro atoms. The normalized spacial score (nSPS) is 19.8. The second-order valence-corrected chi connectivity index (χ2v) is 9.78. The Kier molecular flexibility index (Phi) is 5.92. The molecule has 3 N–H and O–H groups in total. The number of hydrogen-bond donors (Lipinski definition) is 3. The molecule has 33 heavy (non-hydrogen) atoms. The van der Waals surface area contributed by atoms with Crippen LogP contribution in [0, 0.1) is 18.6 Å². The minimum absolute atomic E-state index is 0.205. The number of carbonyl (C=O) groups is 1. The first-order valence-corrected chi connectivity index (χ1v) is 12.1. The number of amides is 1. The smallest absolute Gasteiger partial charge is 0.263 e. The van der Waals surface area contributed by atoms with Gasteiger partial charge in [0.25, 0.3) is 5.91 Å². The van der Waals surface area contributed by atoms with Gasteiger partial charge in [-0.2, -0.15) is 0 Å². The van der Waals surface area contributed by atoms with E-state index in [1.807, 2.05) is 24.0 Å². The zero-order valence-electron chi connectivity index (χ0n) is 18.7. The first-order valence-electron chi connectivity index (χ1n) is 11.3. The summed E-state index contributed by atoms with van der Waals surface area (Å²) in [6.45, 7) is 3.50. The van der Waals surface area contributed by atoms with Gasteiger partial charge < -0.3 is 20.9 Å². The summed E-state index contributed by atoms with van der Waals surface area (Å²) < 4.78 is 29.7. The fraction of sp³-hybridized carbons (Fsp3) is 0.417. The molecule has 0 aliphatic carbocycles. The molecule has 0 unspecified atom stereocenters. The van der Waals surface area contributed by atoms with Crippen LogP contribution < -0.4 is 20.9 Å². The molecule has 2 aliphatic heterocycles. The zero-order chi connectivity index (χ0) is 23.1. The summed E-state index contributed by atoms with van der Waals surface area (Å²) in [7, 11) is 1.77. The molecule has 2 aromatic heterocycles. The summed E-state index contributed by atoms with van der Waals surface area (Å²) in [6, 6.07) is 7.84. The van der Waals surface area contributed by atoms with Crippen LogP contribution in [0.15, 0.2) is 24.3 Å². The second kappa shape index (κ2) is 8.87. The van der Waals surface area contributed by atoms with Crippen molar-refractivity contribution in [3.63, 3.8) is 0 Å². The van der Waals surface area contributed by atoms with E-state index in [-0.39, 0.29) is 24.4 Å². The molecule has 2 aliphatic rings. The van der Waals surface area contributed by atoms with Crippen LogP contribution in [0.5, 0.6) is 0 Å². The highest BCUT2D eigenvalue weighted by Crippen LogP contribution is 2.34. The second-order valence-electron chi connectivity index (χ2n) is 8.78. The average Bonchev–Trinajstić information content (AvgIpc) is 3.34. The van der Waals surface area contributed by atoms with E-state index in [9.17, 15) is 13.6 Å². The topological polar surface area (TPSA) is 69.3 Å². The molecule has 3 aromatic rings. The fourth-order valence-electron chi connectivity index (χ4n) is 4.88. The molecule has 5 rings (SSSR count). The number of rotatable bonds is 6. The molecule has 6 nitrogen and oxygen atoms in total. The van der Waals surface area contributed by atoms with E-state index in [4.69, 9.17) is 0 Å². The standard InChI is InChI=1S/C24H27F2N5OS/c1-13-3-7-17-21(27-2)22(33-24(17)29-13)23(32)28-10-9-14-4-8-18(20(26)19(14)25)31-11-15-5-6-16(12-31)30-15/h3-4,7-8,15-16,27,30H,5-6,9-12H2,1-2H3,(H,28,32)/t15-,16+. The third-order valence-electron chi connectivity index (χ3n) is 6.53.